The smallest absolute Gasteiger partial charge is 0.327 e. The predicted octanol–water partition coefficient (Wildman–Crippen LogP) is 1.57. The third-order valence-corrected chi connectivity index (χ3v) is 8.47. The van der Waals surface area contributed by atoms with E-state index in [-0.39, 0.29) is 9.79 Å². The van der Waals surface area contributed by atoms with E-state index in [2.05, 4.69) is 9.47 Å². The molecule has 0 bridgehead atoms. The lowest BCUT2D eigenvalue weighted by Crippen LogP contribution is -2.38. The molecule has 0 aliphatic rings. The van der Waals surface area contributed by atoms with Crippen LogP contribution in [-0.4, -0.2) is 64.2 Å². The molecule has 0 fully saturated rings. The third-order valence-electron chi connectivity index (χ3n) is 3.69. The summed E-state index contributed by atoms with van der Waals surface area (Å²) in [4.78, 5) is 19.1. The van der Waals surface area contributed by atoms with Crippen LogP contribution in [0.25, 0.3) is 0 Å². The van der Waals surface area contributed by atoms with E-state index in [0.717, 1.165) is 38.5 Å². The van der Waals surface area contributed by atoms with E-state index in [1.165, 1.54) is 13.8 Å². The number of hydrogen-bond acceptors (Lipinski definition) is 8. The lowest BCUT2D eigenvalue weighted by Gasteiger charge is -2.20. The van der Waals surface area contributed by atoms with Gasteiger partial charge in [-0.3, -0.25) is 9.59 Å². The summed E-state index contributed by atoms with van der Waals surface area (Å²) in [5.74, 6) is -3.33. The van der Waals surface area contributed by atoms with Gasteiger partial charge in [-0.15, -0.1) is 23.2 Å². The van der Waals surface area contributed by atoms with Gasteiger partial charge in [0.1, 0.15) is 0 Å². The van der Waals surface area contributed by atoms with Crippen LogP contribution >= 0.6 is 23.2 Å². The van der Waals surface area contributed by atoms with Crippen LogP contribution in [-0.2, 0) is 38.7 Å². The van der Waals surface area contributed by atoms with Gasteiger partial charge in [-0.2, -0.15) is 0 Å². The summed E-state index contributed by atoms with van der Waals surface area (Å²) >= 11 is 11.9. The summed E-state index contributed by atoms with van der Waals surface area (Å²) in [6.45, 7) is 2.40. The maximum atomic E-state index is 12.5. The largest absolute Gasteiger partial charge is 0.468 e. The lowest BCUT2D eigenvalue weighted by atomic mass is 10.2. The van der Waals surface area contributed by atoms with E-state index in [4.69, 9.17) is 23.2 Å². The Labute approximate surface area is 173 Å². The van der Waals surface area contributed by atoms with Crippen molar-refractivity contribution in [2.24, 2.45) is 0 Å². The molecule has 0 radical (unpaired) electrons. The van der Waals surface area contributed by atoms with Crippen molar-refractivity contribution in [2.45, 2.75) is 33.4 Å². The second kappa shape index (κ2) is 8.56. The second-order valence-corrected chi connectivity index (χ2v) is 12.0. The first-order valence-corrected chi connectivity index (χ1v) is 11.8. The Kier molecular flexibility index (Phi) is 7.55. The number of alkyl halides is 2. The molecule has 0 aliphatic carbocycles. The van der Waals surface area contributed by atoms with E-state index in [9.17, 15) is 26.4 Å². The minimum Gasteiger partial charge on any atom is -0.468 e. The van der Waals surface area contributed by atoms with Crippen LogP contribution in [0.15, 0.2) is 34.1 Å². The predicted molar refractivity (Wildman–Crippen MR) is 103 cm³/mol. The molecule has 2 unspecified atom stereocenters. The Morgan fingerprint density at radius 2 is 1.04 bits per heavy atom. The molecule has 0 heterocycles. The van der Waals surface area contributed by atoms with Gasteiger partial charge < -0.3 is 9.47 Å². The highest BCUT2D eigenvalue weighted by Gasteiger charge is 2.39. The first-order valence-electron chi connectivity index (χ1n) is 7.69. The molecule has 0 aliphatic heterocycles. The zero-order valence-corrected chi connectivity index (χ0v) is 18.7. The van der Waals surface area contributed by atoms with Crippen molar-refractivity contribution in [3.05, 3.63) is 24.3 Å². The molecule has 0 spiro atoms. The van der Waals surface area contributed by atoms with Crippen LogP contribution < -0.4 is 0 Å². The molecule has 1 aromatic carbocycles. The standard InChI is InChI=1S/C16H20Cl2O8S2/c1-15(17,13(19)25-3)9-27(21,22)11-5-7-12(8-6-11)28(23,24)10-16(2,18)14(20)26-4/h5-8H,9-10H2,1-4H3. The van der Waals surface area contributed by atoms with Crippen molar-refractivity contribution in [3.8, 4) is 0 Å². The monoisotopic (exact) mass is 474 g/mol. The van der Waals surface area contributed by atoms with Crippen LogP contribution in [0, 0.1) is 0 Å². The number of ether oxygens (including phenoxy) is 2. The Bertz CT molecular complexity index is 870. The van der Waals surface area contributed by atoms with Crippen LogP contribution in [0.1, 0.15) is 13.8 Å². The lowest BCUT2D eigenvalue weighted by molar-refractivity contribution is -0.143. The summed E-state index contributed by atoms with van der Waals surface area (Å²) in [6, 6.07) is 4.26. The topological polar surface area (TPSA) is 121 Å². The van der Waals surface area contributed by atoms with E-state index >= 15 is 0 Å². The average molecular weight is 475 g/mol. The molecule has 28 heavy (non-hydrogen) atoms. The number of carbonyl (C=O) groups excluding carboxylic acids is 2. The second-order valence-electron chi connectivity index (χ2n) is 6.37. The molecule has 12 heteroatoms. The van der Waals surface area contributed by atoms with Gasteiger partial charge in [0.15, 0.2) is 29.4 Å². The van der Waals surface area contributed by atoms with Gasteiger partial charge in [-0.1, -0.05) is 0 Å². The number of rotatable bonds is 8. The number of methoxy groups -OCH3 is 2. The number of halogens is 2. The minimum atomic E-state index is -4.02. The first-order chi connectivity index (χ1) is 12.6. The maximum Gasteiger partial charge on any atom is 0.327 e. The minimum absolute atomic E-state index is 0.233. The van der Waals surface area contributed by atoms with Crippen molar-refractivity contribution in [3.63, 3.8) is 0 Å². The Morgan fingerprint density at radius 1 is 0.786 bits per heavy atom. The summed E-state index contributed by atoms with van der Waals surface area (Å²) in [6.07, 6.45) is 0. The first kappa shape index (κ1) is 24.7. The Balaban J connectivity index is 3.14. The summed E-state index contributed by atoms with van der Waals surface area (Å²) in [5.41, 5.74) is 0. The van der Waals surface area contributed by atoms with Gasteiger partial charge >= 0.3 is 11.9 Å². The SMILES string of the molecule is COC(=O)C(C)(Cl)CS(=O)(=O)c1ccc(S(=O)(=O)CC(C)(Cl)C(=O)OC)cc1. The number of benzene rings is 1. The summed E-state index contributed by atoms with van der Waals surface area (Å²) in [7, 11) is -5.88. The Hall–Kier alpha value is -1.36. The Morgan fingerprint density at radius 3 is 1.25 bits per heavy atom. The molecule has 2 atom stereocenters. The normalized spacial score (nSPS) is 16.5. The van der Waals surface area contributed by atoms with Crippen LogP contribution in [0.4, 0.5) is 0 Å². The summed E-state index contributed by atoms with van der Waals surface area (Å²) < 4.78 is 58.8. The zero-order valence-electron chi connectivity index (χ0n) is 15.6. The number of hydrogen-bond donors (Lipinski definition) is 0. The molecule has 0 amide bonds. The van der Waals surface area contributed by atoms with Gasteiger partial charge in [0.05, 0.1) is 35.5 Å². The molecule has 8 nitrogen and oxygen atoms in total. The highest BCUT2D eigenvalue weighted by atomic mass is 35.5. The zero-order chi connectivity index (χ0) is 22.0. The molecule has 0 N–H and O–H groups in total. The van der Waals surface area contributed by atoms with Crippen LogP contribution in [0.5, 0.6) is 0 Å². The molecule has 158 valence electrons. The van der Waals surface area contributed by atoms with E-state index in [1.54, 1.807) is 0 Å². The van der Waals surface area contributed by atoms with E-state index < -0.39 is 52.9 Å². The van der Waals surface area contributed by atoms with E-state index in [0.29, 0.717) is 0 Å². The number of esters is 2. The van der Waals surface area contributed by atoms with Gasteiger partial charge in [0.25, 0.3) is 0 Å². The number of sulfone groups is 2. The molecular weight excluding hydrogens is 455 g/mol. The van der Waals surface area contributed by atoms with Crippen LogP contribution in [0.3, 0.4) is 0 Å². The molecule has 1 rings (SSSR count). The number of carbonyl (C=O) groups is 2. The molecule has 0 aromatic heterocycles. The fraction of sp³-hybridized carbons (Fsp3) is 0.500. The van der Waals surface area contributed by atoms with Crippen molar-refractivity contribution >= 4 is 54.8 Å². The van der Waals surface area contributed by atoms with Crippen molar-refractivity contribution < 1.29 is 35.9 Å². The van der Waals surface area contributed by atoms with Crippen molar-refractivity contribution in [1.29, 1.82) is 0 Å². The van der Waals surface area contributed by atoms with Gasteiger partial charge in [-0.25, -0.2) is 16.8 Å². The molecule has 0 saturated heterocycles. The van der Waals surface area contributed by atoms with Crippen molar-refractivity contribution in [2.75, 3.05) is 25.7 Å². The maximum absolute atomic E-state index is 12.5. The quantitative estimate of drug-likeness (QED) is 0.411. The highest BCUT2D eigenvalue weighted by molar-refractivity contribution is 7.92. The van der Waals surface area contributed by atoms with Gasteiger partial charge in [0.2, 0.25) is 0 Å². The molecular formula is C16H20Cl2O8S2. The highest BCUT2D eigenvalue weighted by Crippen LogP contribution is 2.26. The van der Waals surface area contributed by atoms with Crippen molar-refractivity contribution in [1.82, 2.24) is 0 Å². The van der Waals surface area contributed by atoms with E-state index in [1.807, 2.05) is 0 Å². The molecule has 1 aromatic rings. The fourth-order valence-electron chi connectivity index (χ4n) is 2.28. The average Bonchev–Trinajstić information content (AvgIpc) is 2.58. The van der Waals surface area contributed by atoms with Gasteiger partial charge in [-0.05, 0) is 38.1 Å². The van der Waals surface area contributed by atoms with Crippen LogP contribution in [0.2, 0.25) is 0 Å². The fourth-order valence-corrected chi connectivity index (χ4v) is 6.39. The summed E-state index contributed by atoms with van der Waals surface area (Å²) in [5, 5.41) is 0. The van der Waals surface area contributed by atoms with Gasteiger partial charge in [0, 0.05) is 0 Å². The third kappa shape index (κ3) is 5.82. The molecule has 0 saturated carbocycles.